The Balaban J connectivity index is 2.44. The quantitative estimate of drug-likeness (QED) is 0.480. The molecular weight excluding hydrogens is 268 g/mol. The molecule has 0 aliphatic heterocycles. The van der Waals surface area contributed by atoms with Gasteiger partial charge in [-0.15, -0.1) is 0 Å². The lowest BCUT2D eigenvalue weighted by Crippen LogP contribution is -2.34. The van der Waals surface area contributed by atoms with Crippen LogP contribution in [0.25, 0.3) is 11.1 Å². The van der Waals surface area contributed by atoms with Crippen molar-refractivity contribution >= 4 is 5.69 Å². The van der Waals surface area contributed by atoms with E-state index < -0.39 is 4.92 Å². The fraction of sp³-hybridized carbons (Fsp3) is 0.312. The topological polar surface area (TPSA) is 56.3 Å². The molecule has 0 aliphatic carbocycles. The number of aromatic nitrogens is 1. The first kappa shape index (κ1) is 15.0. The Hall–Kier alpha value is -2.43. The highest BCUT2D eigenvalue weighted by molar-refractivity contribution is 5.71. The van der Waals surface area contributed by atoms with Crippen LogP contribution in [0.3, 0.4) is 0 Å². The summed E-state index contributed by atoms with van der Waals surface area (Å²) in [5.74, 6) is 0.536. The first-order chi connectivity index (χ1) is 10.0. The predicted molar refractivity (Wildman–Crippen MR) is 80.3 cm³/mol. The van der Waals surface area contributed by atoms with Crippen LogP contribution in [0.4, 0.5) is 5.69 Å². The third kappa shape index (κ3) is 3.37. The second-order valence-corrected chi connectivity index (χ2v) is 5.00. The summed E-state index contributed by atoms with van der Waals surface area (Å²) < 4.78 is 7.64. The Labute approximate surface area is 124 Å². The summed E-state index contributed by atoms with van der Waals surface area (Å²) in [6.07, 6.45) is 3.99. The summed E-state index contributed by atoms with van der Waals surface area (Å²) in [4.78, 5) is 10.5. The Bertz CT molecular complexity index is 636. The van der Waals surface area contributed by atoms with Crippen LogP contribution in [0.5, 0.6) is 5.75 Å². The lowest BCUT2D eigenvalue weighted by Gasteiger charge is -2.10. The number of benzene rings is 1. The summed E-state index contributed by atoms with van der Waals surface area (Å²) in [7, 11) is 0. The van der Waals surface area contributed by atoms with Gasteiger partial charge in [-0.25, -0.2) is 4.57 Å². The number of nitro benzene ring substituents is 1. The molecule has 2 aromatic rings. The van der Waals surface area contributed by atoms with Crippen LogP contribution in [0.1, 0.15) is 26.8 Å². The Kier molecular flexibility index (Phi) is 4.52. The Morgan fingerprint density at radius 3 is 2.43 bits per heavy atom. The zero-order chi connectivity index (χ0) is 15.4. The SMILES string of the molecule is CCOc1cc([N+](=O)[O-])ccc1-c1cc[n+](C(C)C)cc1. The van der Waals surface area contributed by atoms with Crippen LogP contribution in [-0.4, -0.2) is 11.5 Å². The molecule has 0 aliphatic rings. The van der Waals surface area contributed by atoms with E-state index in [1.807, 2.05) is 31.5 Å². The van der Waals surface area contributed by atoms with Crippen molar-refractivity contribution in [3.05, 3.63) is 52.8 Å². The smallest absolute Gasteiger partial charge is 0.273 e. The highest BCUT2D eigenvalue weighted by Crippen LogP contribution is 2.33. The highest BCUT2D eigenvalue weighted by atomic mass is 16.6. The van der Waals surface area contributed by atoms with Gasteiger partial charge >= 0.3 is 0 Å². The summed E-state index contributed by atoms with van der Waals surface area (Å²) in [6, 6.07) is 9.08. The van der Waals surface area contributed by atoms with E-state index in [4.69, 9.17) is 4.74 Å². The molecule has 2 rings (SSSR count). The second kappa shape index (κ2) is 6.35. The molecule has 0 N–H and O–H groups in total. The van der Waals surface area contributed by atoms with Gasteiger partial charge in [0.05, 0.1) is 17.6 Å². The van der Waals surface area contributed by atoms with Crippen molar-refractivity contribution in [3.63, 3.8) is 0 Å². The van der Waals surface area contributed by atoms with Gasteiger partial charge in [0.25, 0.3) is 5.69 Å². The highest BCUT2D eigenvalue weighted by Gasteiger charge is 2.14. The lowest BCUT2D eigenvalue weighted by atomic mass is 10.1. The van der Waals surface area contributed by atoms with Crippen molar-refractivity contribution < 1.29 is 14.2 Å². The van der Waals surface area contributed by atoms with Crippen LogP contribution in [-0.2, 0) is 0 Å². The van der Waals surface area contributed by atoms with Gasteiger partial charge in [-0.3, -0.25) is 10.1 Å². The lowest BCUT2D eigenvalue weighted by molar-refractivity contribution is -0.716. The number of ether oxygens (including phenoxy) is 1. The van der Waals surface area contributed by atoms with Crippen LogP contribution < -0.4 is 9.30 Å². The summed E-state index contributed by atoms with van der Waals surface area (Å²) in [5.41, 5.74) is 1.87. The van der Waals surface area contributed by atoms with Crippen molar-refractivity contribution in [1.29, 1.82) is 0 Å². The van der Waals surface area contributed by atoms with E-state index in [1.54, 1.807) is 6.07 Å². The molecule has 0 fully saturated rings. The van der Waals surface area contributed by atoms with E-state index in [0.717, 1.165) is 11.1 Å². The normalized spacial score (nSPS) is 10.7. The van der Waals surface area contributed by atoms with Gasteiger partial charge in [0.1, 0.15) is 5.75 Å². The van der Waals surface area contributed by atoms with Crippen LogP contribution in [0.2, 0.25) is 0 Å². The molecular formula is C16H19N2O3+. The molecule has 0 bridgehead atoms. The van der Waals surface area contributed by atoms with Gasteiger partial charge < -0.3 is 4.74 Å². The minimum atomic E-state index is -0.413. The van der Waals surface area contributed by atoms with Crippen LogP contribution >= 0.6 is 0 Å². The zero-order valence-corrected chi connectivity index (χ0v) is 12.4. The van der Waals surface area contributed by atoms with Gasteiger partial charge in [0.2, 0.25) is 0 Å². The molecule has 0 amide bonds. The maximum atomic E-state index is 10.9. The van der Waals surface area contributed by atoms with Crippen molar-refractivity contribution in [2.24, 2.45) is 0 Å². The molecule has 0 unspecified atom stereocenters. The maximum Gasteiger partial charge on any atom is 0.273 e. The number of hydrogen-bond acceptors (Lipinski definition) is 3. The van der Waals surface area contributed by atoms with E-state index in [2.05, 4.69) is 18.4 Å². The summed E-state index contributed by atoms with van der Waals surface area (Å²) in [5, 5.41) is 10.9. The fourth-order valence-electron chi connectivity index (χ4n) is 2.10. The first-order valence-corrected chi connectivity index (χ1v) is 6.95. The molecule has 0 radical (unpaired) electrons. The molecule has 5 heteroatoms. The maximum absolute atomic E-state index is 10.9. The molecule has 1 aromatic carbocycles. The number of hydrogen-bond donors (Lipinski definition) is 0. The number of nitro groups is 1. The number of non-ortho nitro benzene ring substituents is 1. The molecule has 0 saturated carbocycles. The van der Waals surface area contributed by atoms with Gasteiger partial charge in [0, 0.05) is 23.8 Å². The monoisotopic (exact) mass is 287 g/mol. The molecule has 0 spiro atoms. The molecule has 5 nitrogen and oxygen atoms in total. The molecule has 1 heterocycles. The molecule has 0 atom stereocenters. The van der Waals surface area contributed by atoms with Crippen molar-refractivity contribution in [1.82, 2.24) is 0 Å². The van der Waals surface area contributed by atoms with Crippen molar-refractivity contribution in [2.75, 3.05) is 6.61 Å². The summed E-state index contributed by atoms with van der Waals surface area (Å²) >= 11 is 0. The number of rotatable bonds is 5. The zero-order valence-electron chi connectivity index (χ0n) is 12.4. The van der Waals surface area contributed by atoms with E-state index in [9.17, 15) is 10.1 Å². The Morgan fingerprint density at radius 2 is 1.90 bits per heavy atom. The van der Waals surface area contributed by atoms with Crippen LogP contribution in [0.15, 0.2) is 42.7 Å². The average molecular weight is 287 g/mol. The minimum absolute atomic E-state index is 0.0374. The third-order valence-electron chi connectivity index (χ3n) is 3.24. The van der Waals surface area contributed by atoms with Gasteiger partial charge in [-0.2, -0.15) is 0 Å². The molecule has 21 heavy (non-hydrogen) atoms. The average Bonchev–Trinajstić information content (AvgIpc) is 2.47. The fourth-order valence-corrected chi connectivity index (χ4v) is 2.10. The van der Waals surface area contributed by atoms with Crippen molar-refractivity contribution in [2.45, 2.75) is 26.8 Å². The summed E-state index contributed by atoms with van der Waals surface area (Å²) in [6.45, 7) is 6.54. The van der Waals surface area contributed by atoms with Crippen molar-refractivity contribution in [3.8, 4) is 16.9 Å². The van der Waals surface area contributed by atoms with E-state index in [1.165, 1.54) is 12.1 Å². The molecule has 110 valence electrons. The molecule has 0 saturated heterocycles. The largest absolute Gasteiger partial charge is 0.493 e. The third-order valence-corrected chi connectivity index (χ3v) is 3.24. The van der Waals surface area contributed by atoms with E-state index in [0.29, 0.717) is 18.4 Å². The Morgan fingerprint density at radius 1 is 1.24 bits per heavy atom. The predicted octanol–water partition coefficient (Wildman–Crippen LogP) is 3.53. The van der Waals surface area contributed by atoms with Gasteiger partial charge in [-0.1, -0.05) is 0 Å². The van der Waals surface area contributed by atoms with Gasteiger partial charge in [0.15, 0.2) is 18.4 Å². The van der Waals surface area contributed by atoms with E-state index >= 15 is 0 Å². The number of nitrogens with zero attached hydrogens (tertiary/aromatic N) is 2. The van der Waals surface area contributed by atoms with Gasteiger partial charge in [-0.05, 0) is 32.4 Å². The first-order valence-electron chi connectivity index (χ1n) is 6.95. The molecule has 1 aromatic heterocycles. The minimum Gasteiger partial charge on any atom is -0.493 e. The standard InChI is InChI=1S/C16H19N2O3/c1-4-21-16-11-14(18(19)20)5-6-15(16)13-7-9-17(10-8-13)12(2)3/h5-12H,4H2,1-3H3/q+1. The van der Waals surface area contributed by atoms with E-state index in [-0.39, 0.29) is 5.69 Å². The number of pyridine rings is 1. The van der Waals surface area contributed by atoms with Crippen LogP contribution in [0, 0.1) is 10.1 Å². The second-order valence-electron chi connectivity index (χ2n) is 5.00.